The van der Waals surface area contributed by atoms with E-state index in [1.165, 1.54) is 5.56 Å². The molecule has 3 rings (SSSR count). The van der Waals surface area contributed by atoms with E-state index in [1.54, 1.807) is 0 Å². The fourth-order valence-corrected chi connectivity index (χ4v) is 2.82. The van der Waals surface area contributed by atoms with Crippen molar-refractivity contribution in [3.05, 3.63) is 35.9 Å². The van der Waals surface area contributed by atoms with Gasteiger partial charge in [-0.1, -0.05) is 30.3 Å². The maximum atomic E-state index is 5.79. The van der Waals surface area contributed by atoms with Crippen LogP contribution in [0.3, 0.4) is 0 Å². The highest BCUT2D eigenvalue weighted by Crippen LogP contribution is 2.31. The highest BCUT2D eigenvalue weighted by atomic mass is 16.7. The van der Waals surface area contributed by atoms with Crippen molar-refractivity contribution in [1.82, 2.24) is 5.32 Å². The monoisotopic (exact) mass is 233 g/mol. The van der Waals surface area contributed by atoms with Gasteiger partial charge in [0.15, 0.2) is 5.79 Å². The zero-order valence-electron chi connectivity index (χ0n) is 10.0. The van der Waals surface area contributed by atoms with E-state index in [0.717, 1.165) is 39.0 Å². The van der Waals surface area contributed by atoms with Crippen molar-refractivity contribution in [1.29, 1.82) is 0 Å². The Bertz CT molecular complexity index is 360. The lowest BCUT2D eigenvalue weighted by Crippen LogP contribution is -2.49. The van der Waals surface area contributed by atoms with Crippen LogP contribution in [0.2, 0.25) is 0 Å². The Balaban J connectivity index is 1.64. The third-order valence-corrected chi connectivity index (χ3v) is 3.63. The molecule has 3 heteroatoms. The zero-order valence-corrected chi connectivity index (χ0v) is 10.0. The summed E-state index contributed by atoms with van der Waals surface area (Å²) >= 11 is 0. The highest BCUT2D eigenvalue weighted by Gasteiger charge is 2.41. The van der Waals surface area contributed by atoms with Gasteiger partial charge in [0.25, 0.3) is 0 Å². The second-order valence-corrected chi connectivity index (χ2v) is 4.90. The van der Waals surface area contributed by atoms with Gasteiger partial charge in [0.05, 0.1) is 13.2 Å². The first kappa shape index (κ1) is 11.2. The topological polar surface area (TPSA) is 30.5 Å². The van der Waals surface area contributed by atoms with E-state index in [0.29, 0.717) is 6.04 Å². The molecule has 0 aromatic heterocycles. The molecule has 2 saturated heterocycles. The van der Waals surface area contributed by atoms with Crippen LogP contribution in [0, 0.1) is 0 Å². The first-order chi connectivity index (χ1) is 8.36. The smallest absolute Gasteiger partial charge is 0.171 e. The van der Waals surface area contributed by atoms with Gasteiger partial charge in [0.2, 0.25) is 0 Å². The standard InChI is InChI=1S/C14H19NO2/c1-2-4-12(5-3-1)10-13-11-14(6-7-15-13)16-8-9-17-14/h1-5,13,15H,6-11H2/t13-/m1/s1. The van der Waals surface area contributed by atoms with Gasteiger partial charge in [-0.25, -0.2) is 0 Å². The molecule has 2 fully saturated rings. The van der Waals surface area contributed by atoms with Crippen molar-refractivity contribution in [2.45, 2.75) is 31.1 Å². The number of nitrogens with one attached hydrogen (secondary N) is 1. The van der Waals surface area contributed by atoms with Crippen LogP contribution < -0.4 is 5.32 Å². The summed E-state index contributed by atoms with van der Waals surface area (Å²) < 4.78 is 11.6. The molecule has 0 saturated carbocycles. The number of ether oxygens (including phenoxy) is 2. The number of hydrogen-bond donors (Lipinski definition) is 1. The molecule has 1 aromatic rings. The summed E-state index contributed by atoms with van der Waals surface area (Å²) in [4.78, 5) is 0. The summed E-state index contributed by atoms with van der Waals surface area (Å²) in [5.41, 5.74) is 1.38. The van der Waals surface area contributed by atoms with Gasteiger partial charge in [0.1, 0.15) is 0 Å². The molecular weight excluding hydrogens is 214 g/mol. The average molecular weight is 233 g/mol. The Morgan fingerprint density at radius 3 is 2.71 bits per heavy atom. The molecule has 0 aliphatic carbocycles. The molecule has 0 radical (unpaired) electrons. The van der Waals surface area contributed by atoms with Crippen LogP contribution in [0.1, 0.15) is 18.4 Å². The fraction of sp³-hybridized carbons (Fsp3) is 0.571. The van der Waals surface area contributed by atoms with Crippen LogP contribution in [0.15, 0.2) is 30.3 Å². The zero-order chi connectivity index (χ0) is 11.6. The van der Waals surface area contributed by atoms with Crippen LogP contribution in [-0.2, 0) is 15.9 Å². The largest absolute Gasteiger partial charge is 0.347 e. The SMILES string of the molecule is c1ccc(C[C@@H]2CC3(CCN2)OCCO3)cc1. The lowest BCUT2D eigenvalue weighted by molar-refractivity contribution is -0.179. The van der Waals surface area contributed by atoms with E-state index < -0.39 is 0 Å². The Morgan fingerprint density at radius 1 is 1.18 bits per heavy atom. The van der Waals surface area contributed by atoms with Crippen LogP contribution in [-0.4, -0.2) is 31.6 Å². The molecule has 0 bridgehead atoms. The molecule has 92 valence electrons. The van der Waals surface area contributed by atoms with E-state index in [2.05, 4.69) is 35.6 Å². The molecule has 1 atom stereocenters. The maximum absolute atomic E-state index is 5.79. The quantitative estimate of drug-likeness (QED) is 0.843. The van der Waals surface area contributed by atoms with Crippen molar-refractivity contribution in [2.75, 3.05) is 19.8 Å². The van der Waals surface area contributed by atoms with E-state index >= 15 is 0 Å². The van der Waals surface area contributed by atoms with Gasteiger partial charge in [-0.05, 0) is 12.0 Å². The minimum Gasteiger partial charge on any atom is -0.347 e. The third-order valence-electron chi connectivity index (χ3n) is 3.63. The predicted molar refractivity (Wildman–Crippen MR) is 65.8 cm³/mol. The molecular formula is C14H19NO2. The second kappa shape index (κ2) is 4.77. The Labute approximate surface area is 102 Å². The van der Waals surface area contributed by atoms with Crippen LogP contribution in [0.4, 0.5) is 0 Å². The van der Waals surface area contributed by atoms with E-state index in [1.807, 2.05) is 0 Å². The van der Waals surface area contributed by atoms with Crippen molar-refractivity contribution < 1.29 is 9.47 Å². The van der Waals surface area contributed by atoms with Crippen molar-refractivity contribution >= 4 is 0 Å². The summed E-state index contributed by atoms with van der Waals surface area (Å²) in [6.07, 6.45) is 2.98. The Hall–Kier alpha value is -0.900. The normalized spacial score (nSPS) is 27.4. The van der Waals surface area contributed by atoms with Crippen molar-refractivity contribution in [2.24, 2.45) is 0 Å². The predicted octanol–water partition coefficient (Wildman–Crippen LogP) is 1.72. The van der Waals surface area contributed by atoms with Gasteiger partial charge in [-0.2, -0.15) is 0 Å². The molecule has 1 N–H and O–H groups in total. The second-order valence-electron chi connectivity index (χ2n) is 4.90. The molecule has 0 amide bonds. The molecule has 2 heterocycles. The number of hydrogen-bond acceptors (Lipinski definition) is 3. The van der Waals surface area contributed by atoms with Gasteiger partial charge in [-0.3, -0.25) is 0 Å². The highest BCUT2D eigenvalue weighted by molar-refractivity contribution is 5.16. The summed E-state index contributed by atoms with van der Waals surface area (Å²) in [7, 11) is 0. The molecule has 0 unspecified atom stereocenters. The lowest BCUT2D eigenvalue weighted by atomic mass is 9.93. The summed E-state index contributed by atoms with van der Waals surface area (Å²) in [6, 6.07) is 11.1. The van der Waals surface area contributed by atoms with E-state index in [4.69, 9.17) is 9.47 Å². The number of benzene rings is 1. The van der Waals surface area contributed by atoms with E-state index in [-0.39, 0.29) is 5.79 Å². The number of piperidine rings is 1. The first-order valence-electron chi connectivity index (χ1n) is 6.42. The lowest BCUT2D eigenvalue weighted by Gasteiger charge is -2.37. The third kappa shape index (κ3) is 2.51. The first-order valence-corrected chi connectivity index (χ1v) is 6.42. The van der Waals surface area contributed by atoms with Crippen LogP contribution >= 0.6 is 0 Å². The minimum absolute atomic E-state index is 0.287. The Morgan fingerprint density at radius 2 is 1.94 bits per heavy atom. The fourth-order valence-electron chi connectivity index (χ4n) is 2.82. The average Bonchev–Trinajstić information content (AvgIpc) is 2.79. The molecule has 3 nitrogen and oxygen atoms in total. The molecule has 2 aliphatic heterocycles. The van der Waals surface area contributed by atoms with Crippen LogP contribution in [0.5, 0.6) is 0 Å². The van der Waals surface area contributed by atoms with Crippen molar-refractivity contribution in [3.63, 3.8) is 0 Å². The number of rotatable bonds is 2. The summed E-state index contributed by atoms with van der Waals surface area (Å²) in [5.74, 6) is -0.287. The van der Waals surface area contributed by atoms with Gasteiger partial charge in [-0.15, -0.1) is 0 Å². The Kier molecular flexibility index (Phi) is 3.14. The maximum Gasteiger partial charge on any atom is 0.171 e. The van der Waals surface area contributed by atoms with Gasteiger partial charge >= 0.3 is 0 Å². The van der Waals surface area contributed by atoms with Crippen LogP contribution in [0.25, 0.3) is 0 Å². The molecule has 1 aromatic carbocycles. The van der Waals surface area contributed by atoms with Gasteiger partial charge < -0.3 is 14.8 Å². The summed E-state index contributed by atoms with van der Waals surface area (Å²) in [5, 5.41) is 3.56. The van der Waals surface area contributed by atoms with E-state index in [9.17, 15) is 0 Å². The van der Waals surface area contributed by atoms with Gasteiger partial charge in [0, 0.05) is 25.4 Å². The molecule has 1 spiro atoms. The molecule has 17 heavy (non-hydrogen) atoms. The molecule has 2 aliphatic rings. The summed E-state index contributed by atoms with van der Waals surface area (Å²) in [6.45, 7) is 2.48. The van der Waals surface area contributed by atoms with Crippen molar-refractivity contribution in [3.8, 4) is 0 Å². The minimum atomic E-state index is -0.287.